The Kier molecular flexibility index (Phi) is 7.53. The van der Waals surface area contributed by atoms with Crippen LogP contribution in [0, 0.1) is 0 Å². The van der Waals surface area contributed by atoms with Gasteiger partial charge in [0.05, 0.1) is 23.3 Å². The van der Waals surface area contributed by atoms with Gasteiger partial charge in [0.1, 0.15) is 0 Å². The van der Waals surface area contributed by atoms with Crippen LogP contribution in [0.15, 0.2) is 30.4 Å². The molecule has 148 valence electrons. The van der Waals surface area contributed by atoms with Gasteiger partial charge in [0.15, 0.2) is 0 Å². The molecule has 4 N–H and O–H groups in total. The minimum Gasteiger partial charge on any atom is -0.478 e. The molecule has 7 nitrogen and oxygen atoms in total. The molecule has 0 aliphatic rings. The highest BCUT2D eigenvalue weighted by atomic mass is 19.4. The van der Waals surface area contributed by atoms with E-state index in [-0.39, 0.29) is 6.04 Å². The number of hydrogen-bond donors (Lipinski definition) is 3. The van der Waals surface area contributed by atoms with Gasteiger partial charge in [-0.1, -0.05) is 13.0 Å². The summed E-state index contributed by atoms with van der Waals surface area (Å²) in [4.78, 5) is 19.1. The van der Waals surface area contributed by atoms with Crippen LogP contribution >= 0.6 is 0 Å². The molecule has 27 heavy (non-hydrogen) atoms. The summed E-state index contributed by atoms with van der Waals surface area (Å²) in [6.07, 6.45) is -2.55. The van der Waals surface area contributed by atoms with E-state index in [4.69, 9.17) is 15.9 Å². The zero-order valence-corrected chi connectivity index (χ0v) is 14.7. The molecule has 2 rings (SSSR count). The van der Waals surface area contributed by atoms with Crippen LogP contribution in [0.5, 0.6) is 0 Å². The molecule has 0 aliphatic heterocycles. The van der Waals surface area contributed by atoms with Crippen molar-refractivity contribution in [3.63, 3.8) is 0 Å². The van der Waals surface area contributed by atoms with Crippen LogP contribution in [0.4, 0.5) is 13.2 Å². The fourth-order valence-corrected chi connectivity index (χ4v) is 2.23. The molecule has 2 aromatic rings. The van der Waals surface area contributed by atoms with Gasteiger partial charge < -0.3 is 15.9 Å². The summed E-state index contributed by atoms with van der Waals surface area (Å²) in [5.41, 5.74) is 6.33. The van der Waals surface area contributed by atoms with Crippen molar-refractivity contribution < 1.29 is 33.0 Å². The Morgan fingerprint density at radius 3 is 2.22 bits per heavy atom. The lowest BCUT2D eigenvalue weighted by Gasteiger charge is -2.09. The normalized spacial score (nSPS) is 12.7. The van der Waals surface area contributed by atoms with Crippen molar-refractivity contribution in [1.29, 1.82) is 0 Å². The van der Waals surface area contributed by atoms with E-state index in [1.807, 2.05) is 6.92 Å². The van der Waals surface area contributed by atoms with E-state index < -0.39 is 23.7 Å². The van der Waals surface area contributed by atoms with Gasteiger partial charge in [-0.25, -0.2) is 9.59 Å². The van der Waals surface area contributed by atoms with Gasteiger partial charge >= 0.3 is 18.1 Å². The van der Waals surface area contributed by atoms with E-state index in [0.717, 1.165) is 23.2 Å². The van der Waals surface area contributed by atoms with Gasteiger partial charge in [-0.3, -0.25) is 4.68 Å². The standard InChI is InChI=1S/C13H16F3N3.C4H4O4/c1-3-11-10-5-4-9(13(14,15)16)6-12(10)19(18-11)7-8(2)17;5-3(6)1-2-4(7)8/h4-6,8H,3,7,17H2,1-2H3;1-2H,(H,5,6)(H,7,8)/t8-;/m0./s1. The first-order chi connectivity index (χ1) is 12.5. The number of carbonyl (C=O) groups is 2. The molecule has 0 unspecified atom stereocenters. The minimum atomic E-state index is -4.34. The number of halogens is 3. The maximum atomic E-state index is 12.7. The molecular formula is C17H20F3N3O4. The number of aliphatic carboxylic acids is 2. The first-order valence-corrected chi connectivity index (χ1v) is 7.91. The molecule has 0 radical (unpaired) electrons. The zero-order chi connectivity index (χ0) is 20.8. The number of carboxylic acid groups (broad SMARTS) is 2. The van der Waals surface area contributed by atoms with Crippen molar-refractivity contribution in [3.05, 3.63) is 41.6 Å². The van der Waals surface area contributed by atoms with Crippen LogP contribution in [0.2, 0.25) is 0 Å². The largest absolute Gasteiger partial charge is 0.478 e. The summed E-state index contributed by atoms with van der Waals surface area (Å²) in [5.74, 6) is -2.51. The number of fused-ring (bicyclic) bond motifs is 1. The van der Waals surface area contributed by atoms with E-state index in [0.29, 0.717) is 30.6 Å². The molecule has 0 saturated heterocycles. The van der Waals surface area contributed by atoms with Crippen molar-refractivity contribution in [2.45, 2.75) is 39.0 Å². The van der Waals surface area contributed by atoms with Crippen molar-refractivity contribution in [2.75, 3.05) is 0 Å². The second-order valence-electron chi connectivity index (χ2n) is 5.70. The molecule has 0 amide bonds. The first kappa shape index (κ1) is 22.2. The second-order valence-corrected chi connectivity index (χ2v) is 5.70. The monoisotopic (exact) mass is 387 g/mol. The number of nitrogens with two attached hydrogens (primary N) is 1. The Balaban J connectivity index is 0.000000387. The highest BCUT2D eigenvalue weighted by Gasteiger charge is 2.31. The van der Waals surface area contributed by atoms with Gasteiger partial charge in [0, 0.05) is 23.6 Å². The van der Waals surface area contributed by atoms with E-state index in [2.05, 4.69) is 5.10 Å². The van der Waals surface area contributed by atoms with Crippen molar-refractivity contribution in [1.82, 2.24) is 9.78 Å². The Morgan fingerprint density at radius 1 is 1.26 bits per heavy atom. The smallest absolute Gasteiger partial charge is 0.416 e. The van der Waals surface area contributed by atoms with Gasteiger partial charge in [-0.2, -0.15) is 18.3 Å². The van der Waals surface area contributed by atoms with Crippen LogP contribution in [0.1, 0.15) is 25.1 Å². The van der Waals surface area contributed by atoms with Gasteiger partial charge in [0.25, 0.3) is 0 Å². The zero-order valence-electron chi connectivity index (χ0n) is 14.7. The average Bonchev–Trinajstić information content (AvgIpc) is 2.89. The number of aromatic nitrogens is 2. The third kappa shape index (κ3) is 6.74. The summed E-state index contributed by atoms with van der Waals surface area (Å²) < 4.78 is 39.8. The minimum absolute atomic E-state index is 0.164. The molecule has 0 aliphatic carbocycles. The van der Waals surface area contributed by atoms with E-state index >= 15 is 0 Å². The molecule has 1 heterocycles. The first-order valence-electron chi connectivity index (χ1n) is 7.91. The summed E-state index contributed by atoms with van der Waals surface area (Å²) in [5, 5.41) is 20.7. The number of benzene rings is 1. The fraction of sp³-hybridized carbons (Fsp3) is 0.353. The van der Waals surface area contributed by atoms with Crippen LogP contribution in [-0.4, -0.2) is 38.0 Å². The van der Waals surface area contributed by atoms with Crippen molar-refractivity contribution in [3.8, 4) is 0 Å². The SMILES string of the molecule is CCc1nn(C[C@H](C)N)c2cc(C(F)(F)F)ccc12.O=C(O)C=CC(=O)O. The quantitative estimate of drug-likeness (QED) is 0.679. The predicted molar refractivity (Wildman–Crippen MR) is 92.2 cm³/mol. The Morgan fingerprint density at radius 2 is 1.81 bits per heavy atom. The third-order valence-electron chi connectivity index (χ3n) is 3.32. The lowest BCUT2D eigenvalue weighted by atomic mass is 10.1. The molecule has 1 aromatic carbocycles. The topological polar surface area (TPSA) is 118 Å². The number of alkyl halides is 3. The van der Waals surface area contributed by atoms with Crippen LogP contribution in [0.3, 0.4) is 0 Å². The summed E-state index contributed by atoms with van der Waals surface area (Å²) in [6.45, 7) is 4.13. The third-order valence-corrected chi connectivity index (χ3v) is 3.32. The molecule has 0 spiro atoms. The predicted octanol–water partition coefficient (Wildman–Crippen LogP) is 2.68. The molecule has 1 atom stereocenters. The van der Waals surface area contributed by atoms with Crippen molar-refractivity contribution in [2.24, 2.45) is 5.73 Å². The van der Waals surface area contributed by atoms with Gasteiger partial charge in [-0.15, -0.1) is 0 Å². The van der Waals surface area contributed by atoms with Gasteiger partial charge in [-0.05, 0) is 25.5 Å². The van der Waals surface area contributed by atoms with Crippen LogP contribution in [0.25, 0.3) is 10.9 Å². The summed E-state index contributed by atoms with van der Waals surface area (Å²) in [6, 6.07) is 3.56. The molecular weight excluding hydrogens is 367 g/mol. The fourth-order valence-electron chi connectivity index (χ4n) is 2.23. The number of aryl methyl sites for hydroxylation is 1. The molecule has 0 bridgehead atoms. The summed E-state index contributed by atoms with van der Waals surface area (Å²) >= 11 is 0. The number of hydrogen-bond acceptors (Lipinski definition) is 4. The molecule has 0 saturated carbocycles. The Bertz CT molecular complexity index is 826. The van der Waals surface area contributed by atoms with E-state index in [9.17, 15) is 22.8 Å². The van der Waals surface area contributed by atoms with Crippen LogP contribution < -0.4 is 5.73 Å². The Labute approximate surface area is 152 Å². The number of carboxylic acids is 2. The molecule has 1 aromatic heterocycles. The second kappa shape index (κ2) is 9.17. The number of rotatable bonds is 5. The molecule has 0 fully saturated rings. The van der Waals surface area contributed by atoms with E-state index in [1.54, 1.807) is 11.6 Å². The average molecular weight is 387 g/mol. The Hall–Kier alpha value is -2.88. The maximum absolute atomic E-state index is 12.7. The number of nitrogens with zero attached hydrogens (tertiary/aromatic N) is 2. The highest BCUT2D eigenvalue weighted by molar-refractivity contribution is 5.89. The lowest BCUT2D eigenvalue weighted by Crippen LogP contribution is -2.22. The maximum Gasteiger partial charge on any atom is 0.416 e. The lowest BCUT2D eigenvalue weighted by molar-refractivity contribution is -0.137. The molecule has 10 heteroatoms. The van der Waals surface area contributed by atoms with Gasteiger partial charge in [0.2, 0.25) is 0 Å². The highest BCUT2D eigenvalue weighted by Crippen LogP contribution is 2.32. The van der Waals surface area contributed by atoms with E-state index in [1.165, 1.54) is 6.07 Å². The summed E-state index contributed by atoms with van der Waals surface area (Å²) in [7, 11) is 0. The van der Waals surface area contributed by atoms with Crippen LogP contribution in [-0.2, 0) is 28.7 Å². The van der Waals surface area contributed by atoms with Crippen molar-refractivity contribution >= 4 is 22.8 Å².